The minimum atomic E-state index is -3.77. The van der Waals surface area contributed by atoms with E-state index in [1.165, 1.54) is 31.0 Å². The highest BCUT2D eigenvalue weighted by atomic mass is 32.5. The highest BCUT2D eigenvalue weighted by Gasteiger charge is 2.48. The van der Waals surface area contributed by atoms with Crippen LogP contribution in [0.3, 0.4) is 0 Å². The highest BCUT2D eigenvalue weighted by Crippen LogP contribution is 2.52. The lowest BCUT2D eigenvalue weighted by Gasteiger charge is -2.28. The Hall–Kier alpha value is -0.680. The van der Waals surface area contributed by atoms with Crippen LogP contribution in [0.1, 0.15) is 18.9 Å². The Balaban J connectivity index is 2.38. The molecule has 28 heavy (non-hydrogen) atoms. The highest BCUT2D eigenvalue weighted by molar-refractivity contribution is 8.07. The van der Waals surface area contributed by atoms with Crippen LogP contribution < -0.4 is 11.2 Å². The lowest BCUT2D eigenvalue weighted by molar-refractivity contribution is -0.0176. The average molecular weight is 458 g/mol. The van der Waals surface area contributed by atoms with Gasteiger partial charge in [0.05, 0.1) is 18.3 Å². The fourth-order valence-electron chi connectivity index (χ4n) is 3.36. The summed E-state index contributed by atoms with van der Waals surface area (Å²) in [5, 5.41) is 0. The lowest BCUT2D eigenvalue weighted by atomic mass is 10.0. The second-order valence-electron chi connectivity index (χ2n) is 6.33. The topological polar surface area (TPSA) is 149 Å². The molecule has 0 aliphatic heterocycles. The van der Waals surface area contributed by atoms with Gasteiger partial charge in [0.1, 0.15) is 6.10 Å². The van der Waals surface area contributed by atoms with Crippen LogP contribution in [0.5, 0.6) is 0 Å². The predicted octanol–water partition coefficient (Wildman–Crippen LogP) is 0.583. The summed E-state index contributed by atoms with van der Waals surface area (Å²) in [6.45, 7) is -3.57. The van der Waals surface area contributed by atoms with Crippen molar-refractivity contribution in [3.63, 3.8) is 0 Å². The van der Waals surface area contributed by atoms with Crippen LogP contribution in [0, 0.1) is 5.92 Å². The molecule has 1 aliphatic carbocycles. The van der Waals surface area contributed by atoms with E-state index in [0.717, 1.165) is 7.11 Å². The number of methoxy groups -OCH3 is 1. The van der Waals surface area contributed by atoms with Gasteiger partial charge in [-0.1, -0.05) is 0 Å². The van der Waals surface area contributed by atoms with Crippen molar-refractivity contribution in [3.8, 4) is 0 Å². The number of rotatable bonds is 9. The molecular weight excluding hydrogens is 434 g/mol. The number of hydrogen-bond acceptors (Lipinski definition) is 8. The van der Waals surface area contributed by atoms with E-state index >= 15 is 0 Å². The zero-order chi connectivity index (χ0) is 21.1. The van der Waals surface area contributed by atoms with Gasteiger partial charge in [0.2, 0.25) is 0 Å². The van der Waals surface area contributed by atoms with E-state index in [1.54, 1.807) is 0 Å². The maximum atomic E-state index is 12.2. The summed E-state index contributed by atoms with van der Waals surface area (Å²) in [6.07, 6.45) is 0.172. The molecule has 11 nitrogen and oxygen atoms in total. The van der Waals surface area contributed by atoms with Crippen molar-refractivity contribution in [2.24, 2.45) is 5.92 Å². The maximum Gasteiger partial charge on any atom is 0.328 e. The first kappa shape index (κ1) is 23.6. The van der Waals surface area contributed by atoms with Gasteiger partial charge in [-0.05, 0) is 30.6 Å². The Bertz CT molecular complexity index is 888. The van der Waals surface area contributed by atoms with Crippen molar-refractivity contribution >= 4 is 26.1 Å². The van der Waals surface area contributed by atoms with Crippen molar-refractivity contribution in [1.82, 2.24) is 9.55 Å². The summed E-state index contributed by atoms with van der Waals surface area (Å²) in [6, 6.07) is 0.646. The first-order valence-electron chi connectivity index (χ1n) is 8.32. The number of hydrogen-bond donors (Lipinski definition) is 3. The van der Waals surface area contributed by atoms with Gasteiger partial charge >= 0.3 is 20.0 Å². The first-order valence-corrected chi connectivity index (χ1v) is 12.7. The predicted molar refractivity (Wildman–Crippen MR) is 104 cm³/mol. The number of nitrogens with zero attached hydrogens (tertiary/aromatic N) is 1. The molecule has 160 valence electrons. The first-order chi connectivity index (χ1) is 13.0. The third kappa shape index (κ3) is 5.69. The van der Waals surface area contributed by atoms with Gasteiger partial charge in [-0.15, -0.1) is 0 Å². The normalized spacial score (nSPS) is 29.3. The van der Waals surface area contributed by atoms with Crippen molar-refractivity contribution in [2.75, 3.05) is 27.5 Å². The zero-order valence-electron chi connectivity index (χ0n) is 15.6. The molecule has 6 atom stereocenters. The van der Waals surface area contributed by atoms with Gasteiger partial charge in [-0.2, -0.15) is 0 Å². The number of ether oxygens (including phenoxy) is 1. The van der Waals surface area contributed by atoms with Crippen molar-refractivity contribution in [3.05, 3.63) is 33.1 Å². The minimum Gasteiger partial charge on any atom is -0.377 e. The molecule has 1 heterocycles. The summed E-state index contributed by atoms with van der Waals surface area (Å²) in [5.41, 5.74) is -1.16. The van der Waals surface area contributed by atoms with Gasteiger partial charge in [-0.25, -0.2) is 4.79 Å². The van der Waals surface area contributed by atoms with E-state index in [4.69, 9.17) is 25.6 Å². The SMILES string of the molecule is CO[C@@H]1[C@H](OP(O)(=S)OC)[C@@H](CCP(=O)(O)OC)C[C@@H]1n1ccc(=O)[nH]c1=O. The number of aromatic nitrogens is 2. The van der Waals surface area contributed by atoms with Crippen LogP contribution >= 0.6 is 14.3 Å². The van der Waals surface area contributed by atoms with Crippen LogP contribution in [-0.2, 0) is 34.7 Å². The second-order valence-corrected chi connectivity index (χ2v) is 11.3. The number of H-pyrrole nitrogens is 1. The van der Waals surface area contributed by atoms with Crippen LogP contribution in [0.2, 0.25) is 0 Å². The average Bonchev–Trinajstić information content (AvgIpc) is 2.96. The van der Waals surface area contributed by atoms with E-state index in [1.807, 2.05) is 0 Å². The monoisotopic (exact) mass is 458 g/mol. The Morgan fingerprint density at radius 2 is 1.93 bits per heavy atom. The third-order valence-corrected chi connectivity index (χ3v) is 7.82. The molecule has 1 aromatic heterocycles. The van der Waals surface area contributed by atoms with Gasteiger partial charge < -0.3 is 28.1 Å². The van der Waals surface area contributed by atoms with Crippen LogP contribution in [0.4, 0.5) is 0 Å². The molecule has 1 saturated carbocycles. The van der Waals surface area contributed by atoms with Gasteiger partial charge in [-0.3, -0.25) is 18.9 Å². The second kappa shape index (κ2) is 9.42. The van der Waals surface area contributed by atoms with Crippen LogP contribution in [-0.4, -0.2) is 59.0 Å². The molecular formula is C14H24N2O9P2S. The smallest absolute Gasteiger partial charge is 0.328 e. The summed E-state index contributed by atoms with van der Waals surface area (Å²) in [4.78, 5) is 45.6. The van der Waals surface area contributed by atoms with Crippen molar-refractivity contribution < 1.29 is 32.7 Å². The fraction of sp³-hybridized carbons (Fsp3) is 0.714. The summed E-state index contributed by atoms with van der Waals surface area (Å²) >= 11 is 4.94. The summed E-state index contributed by atoms with van der Waals surface area (Å²) < 4.78 is 33.7. The van der Waals surface area contributed by atoms with E-state index < -0.39 is 49.7 Å². The lowest BCUT2D eigenvalue weighted by Crippen LogP contribution is -2.38. The third-order valence-electron chi connectivity index (χ3n) is 4.75. The Morgan fingerprint density at radius 1 is 1.25 bits per heavy atom. The van der Waals surface area contributed by atoms with Crippen LogP contribution in [0.15, 0.2) is 21.9 Å². The van der Waals surface area contributed by atoms with Gasteiger partial charge in [0.15, 0.2) is 0 Å². The van der Waals surface area contributed by atoms with E-state index in [9.17, 15) is 23.9 Å². The van der Waals surface area contributed by atoms with E-state index in [0.29, 0.717) is 6.42 Å². The molecule has 1 fully saturated rings. The zero-order valence-corrected chi connectivity index (χ0v) is 18.2. The maximum absolute atomic E-state index is 12.2. The van der Waals surface area contributed by atoms with Gasteiger partial charge in [0, 0.05) is 33.6 Å². The van der Waals surface area contributed by atoms with Gasteiger partial charge in [0.25, 0.3) is 5.56 Å². The molecule has 2 rings (SSSR count). The molecule has 0 bridgehead atoms. The molecule has 0 aromatic carbocycles. The molecule has 2 unspecified atom stereocenters. The summed E-state index contributed by atoms with van der Waals surface area (Å²) in [5.74, 6) is -0.394. The van der Waals surface area contributed by atoms with E-state index in [-0.39, 0.29) is 12.6 Å². The molecule has 1 aliphatic rings. The standard InChI is InChI=1S/C14H24N2O9P2S/c1-22-13-10(16-6-4-11(17)15-14(16)18)8-9(5-7-26(19,20)23-2)12(13)25-27(21,28)24-3/h4,6,9-10,12-13H,5,7-8H2,1-3H3,(H,19,20)(H,21,28)(H,15,17,18)/t9-,10-,12+,13-,27?/m0/s1. The largest absolute Gasteiger partial charge is 0.377 e. The molecule has 3 N–H and O–H groups in total. The molecule has 14 heteroatoms. The minimum absolute atomic E-state index is 0.154. The number of aromatic amines is 1. The molecule has 0 saturated heterocycles. The Labute approximate surface area is 166 Å². The fourth-order valence-corrected chi connectivity index (χ4v) is 5.19. The molecule has 1 aromatic rings. The Kier molecular flexibility index (Phi) is 7.94. The quantitative estimate of drug-likeness (QED) is 0.449. The summed E-state index contributed by atoms with van der Waals surface area (Å²) in [7, 11) is -0.00703. The van der Waals surface area contributed by atoms with E-state index in [2.05, 4.69) is 9.51 Å². The number of nitrogens with one attached hydrogen (secondary N) is 1. The van der Waals surface area contributed by atoms with Crippen molar-refractivity contribution in [1.29, 1.82) is 0 Å². The molecule has 0 spiro atoms. The van der Waals surface area contributed by atoms with Crippen molar-refractivity contribution in [2.45, 2.75) is 31.1 Å². The molecule has 0 amide bonds. The molecule has 0 radical (unpaired) electrons. The Morgan fingerprint density at radius 3 is 2.46 bits per heavy atom. The van der Waals surface area contributed by atoms with Crippen LogP contribution in [0.25, 0.3) is 0 Å².